The number of hydrogen-bond acceptors (Lipinski definition) is 2. The van der Waals surface area contributed by atoms with Crippen molar-refractivity contribution in [3.05, 3.63) is 34.1 Å². The maximum absolute atomic E-state index is 13.6. The number of nitrogens with two attached hydrogens (primary N) is 1. The van der Waals surface area contributed by atoms with Crippen LogP contribution >= 0.6 is 15.9 Å². The minimum Gasteiger partial charge on any atom is -0.396 e. The molecule has 0 aliphatic heterocycles. The van der Waals surface area contributed by atoms with Crippen molar-refractivity contribution in [2.75, 3.05) is 6.61 Å². The van der Waals surface area contributed by atoms with Gasteiger partial charge in [0.1, 0.15) is 5.82 Å². The van der Waals surface area contributed by atoms with Gasteiger partial charge in [-0.2, -0.15) is 0 Å². The molecule has 1 aromatic rings. The average molecular weight is 276 g/mol. The summed E-state index contributed by atoms with van der Waals surface area (Å²) < 4.78 is 14.3. The molecule has 0 amide bonds. The van der Waals surface area contributed by atoms with Crippen LogP contribution in [0.4, 0.5) is 4.39 Å². The van der Waals surface area contributed by atoms with Crippen LogP contribution in [0.2, 0.25) is 0 Å². The summed E-state index contributed by atoms with van der Waals surface area (Å²) in [5.41, 5.74) is 5.81. The smallest absolute Gasteiger partial charge is 0.129 e. The molecule has 0 aliphatic rings. The molecule has 0 spiro atoms. The van der Waals surface area contributed by atoms with E-state index in [-0.39, 0.29) is 12.4 Å². The van der Waals surface area contributed by atoms with E-state index in [4.69, 9.17) is 10.8 Å². The molecule has 0 bridgehead atoms. The zero-order chi connectivity index (χ0) is 11.6. The third kappa shape index (κ3) is 2.77. The monoisotopic (exact) mass is 275 g/mol. The largest absolute Gasteiger partial charge is 0.396 e. The molecule has 4 heteroatoms. The van der Waals surface area contributed by atoms with Crippen LogP contribution in [-0.2, 0) is 0 Å². The maximum atomic E-state index is 13.6. The van der Waals surface area contributed by atoms with E-state index in [0.717, 1.165) is 0 Å². The van der Waals surface area contributed by atoms with E-state index in [1.165, 1.54) is 6.07 Å². The Morgan fingerprint density at radius 1 is 1.53 bits per heavy atom. The number of rotatable bonds is 3. The number of hydrogen-bond donors (Lipinski definition) is 2. The predicted octanol–water partition coefficient (Wildman–Crippen LogP) is 2.61. The SMILES string of the molecule is CC(C)(CO)[C@H](N)c1ccc(Br)cc1F. The van der Waals surface area contributed by atoms with Gasteiger partial charge in [-0.25, -0.2) is 4.39 Å². The molecule has 0 saturated carbocycles. The molecule has 0 fully saturated rings. The summed E-state index contributed by atoms with van der Waals surface area (Å²) >= 11 is 3.18. The molecule has 0 aromatic heterocycles. The fourth-order valence-corrected chi connectivity index (χ4v) is 1.61. The molecule has 0 radical (unpaired) electrons. The summed E-state index contributed by atoms with van der Waals surface area (Å²) in [4.78, 5) is 0. The molecule has 0 aliphatic carbocycles. The topological polar surface area (TPSA) is 46.2 Å². The average Bonchev–Trinajstić information content (AvgIpc) is 2.17. The van der Waals surface area contributed by atoms with Crippen molar-refractivity contribution in [3.63, 3.8) is 0 Å². The molecule has 0 unspecified atom stereocenters. The van der Waals surface area contributed by atoms with Crippen LogP contribution in [0.3, 0.4) is 0 Å². The lowest BCUT2D eigenvalue weighted by molar-refractivity contribution is 0.131. The van der Waals surface area contributed by atoms with Crippen molar-refractivity contribution in [1.82, 2.24) is 0 Å². The summed E-state index contributed by atoms with van der Waals surface area (Å²) in [5.74, 6) is -0.349. The van der Waals surface area contributed by atoms with E-state index in [0.29, 0.717) is 10.0 Å². The van der Waals surface area contributed by atoms with Gasteiger partial charge in [0.15, 0.2) is 0 Å². The minimum atomic E-state index is -0.533. The van der Waals surface area contributed by atoms with Gasteiger partial charge in [0.05, 0.1) is 0 Å². The van der Waals surface area contributed by atoms with Crippen LogP contribution in [0.15, 0.2) is 22.7 Å². The van der Waals surface area contributed by atoms with Crippen LogP contribution in [0.25, 0.3) is 0 Å². The highest BCUT2D eigenvalue weighted by molar-refractivity contribution is 9.10. The molecule has 1 aromatic carbocycles. The standard InChI is InChI=1S/C11H15BrFNO/c1-11(2,6-15)10(14)8-4-3-7(12)5-9(8)13/h3-5,10,15H,6,14H2,1-2H3/t10-/m1/s1. The Labute approximate surface area is 97.4 Å². The third-order valence-electron chi connectivity index (χ3n) is 2.55. The second kappa shape index (κ2) is 4.60. The first-order chi connectivity index (χ1) is 6.88. The molecule has 2 nitrogen and oxygen atoms in total. The van der Waals surface area contributed by atoms with Gasteiger partial charge in [-0.3, -0.25) is 0 Å². The Morgan fingerprint density at radius 3 is 2.60 bits per heavy atom. The molecule has 3 N–H and O–H groups in total. The van der Waals surface area contributed by atoms with Gasteiger partial charge in [-0.1, -0.05) is 35.8 Å². The van der Waals surface area contributed by atoms with Crippen molar-refractivity contribution in [1.29, 1.82) is 0 Å². The zero-order valence-corrected chi connectivity index (χ0v) is 10.4. The molecular formula is C11H15BrFNO. The first kappa shape index (κ1) is 12.6. The number of aliphatic hydroxyl groups is 1. The molecule has 15 heavy (non-hydrogen) atoms. The maximum Gasteiger partial charge on any atom is 0.129 e. The van der Waals surface area contributed by atoms with E-state index >= 15 is 0 Å². The Hall–Kier alpha value is -0.450. The molecule has 84 valence electrons. The second-order valence-corrected chi connectivity index (χ2v) is 5.21. The first-order valence-corrected chi connectivity index (χ1v) is 5.49. The van der Waals surface area contributed by atoms with Crippen molar-refractivity contribution in [2.45, 2.75) is 19.9 Å². The van der Waals surface area contributed by atoms with Crippen molar-refractivity contribution in [3.8, 4) is 0 Å². The first-order valence-electron chi connectivity index (χ1n) is 4.70. The van der Waals surface area contributed by atoms with Crippen molar-refractivity contribution < 1.29 is 9.50 Å². The van der Waals surface area contributed by atoms with Gasteiger partial charge >= 0.3 is 0 Å². The number of halogens is 2. The summed E-state index contributed by atoms with van der Waals surface area (Å²) in [6, 6.07) is 4.24. The van der Waals surface area contributed by atoms with Gasteiger partial charge in [0, 0.05) is 28.1 Å². The van der Waals surface area contributed by atoms with Crippen LogP contribution < -0.4 is 5.73 Å². The second-order valence-electron chi connectivity index (χ2n) is 4.29. The Bertz CT molecular complexity index is 354. The molecule has 1 atom stereocenters. The van der Waals surface area contributed by atoms with Crippen LogP contribution in [-0.4, -0.2) is 11.7 Å². The molecule has 1 rings (SSSR count). The zero-order valence-electron chi connectivity index (χ0n) is 8.80. The summed E-state index contributed by atoms with van der Waals surface area (Å²) in [7, 11) is 0. The van der Waals surface area contributed by atoms with E-state index in [2.05, 4.69) is 15.9 Å². The van der Waals surface area contributed by atoms with Crippen molar-refractivity contribution >= 4 is 15.9 Å². The Balaban J connectivity index is 3.06. The highest BCUT2D eigenvalue weighted by atomic mass is 79.9. The van der Waals surface area contributed by atoms with Crippen molar-refractivity contribution in [2.24, 2.45) is 11.1 Å². The van der Waals surface area contributed by atoms with E-state index < -0.39 is 11.5 Å². The normalized spacial score (nSPS) is 14.0. The lowest BCUT2D eigenvalue weighted by Crippen LogP contribution is -2.33. The van der Waals surface area contributed by atoms with Gasteiger partial charge in [0.25, 0.3) is 0 Å². The lowest BCUT2D eigenvalue weighted by atomic mass is 9.82. The quantitative estimate of drug-likeness (QED) is 0.891. The highest BCUT2D eigenvalue weighted by Crippen LogP contribution is 2.32. The van der Waals surface area contributed by atoms with Gasteiger partial charge in [0.2, 0.25) is 0 Å². The van der Waals surface area contributed by atoms with Crippen LogP contribution in [0.5, 0.6) is 0 Å². The number of benzene rings is 1. The predicted molar refractivity (Wildman–Crippen MR) is 61.9 cm³/mol. The molecular weight excluding hydrogens is 261 g/mol. The fraction of sp³-hybridized carbons (Fsp3) is 0.455. The lowest BCUT2D eigenvalue weighted by Gasteiger charge is -2.30. The Morgan fingerprint density at radius 2 is 2.13 bits per heavy atom. The van der Waals surface area contributed by atoms with Crippen LogP contribution in [0, 0.1) is 11.2 Å². The minimum absolute atomic E-state index is 0.0797. The summed E-state index contributed by atoms with van der Waals surface area (Å²) in [6.45, 7) is 3.53. The third-order valence-corrected chi connectivity index (χ3v) is 3.04. The van der Waals surface area contributed by atoms with Gasteiger partial charge < -0.3 is 10.8 Å². The summed E-state index contributed by atoms with van der Waals surface area (Å²) in [5, 5.41) is 9.16. The molecule has 0 heterocycles. The number of aliphatic hydroxyl groups excluding tert-OH is 1. The van der Waals surface area contributed by atoms with E-state index in [1.54, 1.807) is 26.0 Å². The van der Waals surface area contributed by atoms with Crippen LogP contribution in [0.1, 0.15) is 25.5 Å². The summed E-state index contributed by atoms with van der Waals surface area (Å²) in [6.07, 6.45) is 0. The fourth-order valence-electron chi connectivity index (χ4n) is 1.27. The van der Waals surface area contributed by atoms with E-state index in [1.807, 2.05) is 0 Å². The van der Waals surface area contributed by atoms with Gasteiger partial charge in [-0.05, 0) is 12.1 Å². The molecule has 0 saturated heterocycles. The van der Waals surface area contributed by atoms with E-state index in [9.17, 15) is 4.39 Å². The Kier molecular flexibility index (Phi) is 3.87. The van der Waals surface area contributed by atoms with Gasteiger partial charge in [-0.15, -0.1) is 0 Å². The highest BCUT2D eigenvalue weighted by Gasteiger charge is 2.28.